The summed E-state index contributed by atoms with van der Waals surface area (Å²) in [7, 11) is 4.04. The van der Waals surface area contributed by atoms with Crippen LogP contribution in [0.2, 0.25) is 0 Å². The molecule has 3 aromatic rings. The van der Waals surface area contributed by atoms with Gasteiger partial charge in [-0.15, -0.1) is 0 Å². The first-order valence-corrected chi connectivity index (χ1v) is 5.99. The standard InChI is InChI=1S/C12H16N7/c1-17-5-6-18(2)11(17)8-15-10-3-4-14-12-9(13)7-16-19(10)12/h3-7,15H,8,13H2,1-2H3/q+1. The molecule has 0 spiro atoms. The lowest BCUT2D eigenvalue weighted by atomic mass is 10.5. The van der Waals surface area contributed by atoms with Gasteiger partial charge in [-0.2, -0.15) is 9.61 Å². The minimum absolute atomic E-state index is 0.577. The Morgan fingerprint density at radius 2 is 2.32 bits per heavy atom. The molecule has 19 heavy (non-hydrogen) atoms. The normalized spacial score (nSPS) is 11.1. The second-order valence-corrected chi connectivity index (χ2v) is 4.46. The van der Waals surface area contributed by atoms with E-state index in [9.17, 15) is 0 Å². The van der Waals surface area contributed by atoms with E-state index in [2.05, 4.69) is 24.5 Å². The topological polar surface area (TPSA) is 77.0 Å². The molecule has 7 nitrogen and oxygen atoms in total. The molecule has 3 heterocycles. The van der Waals surface area contributed by atoms with Gasteiger partial charge in [0.1, 0.15) is 24.8 Å². The van der Waals surface area contributed by atoms with Gasteiger partial charge in [0, 0.05) is 6.20 Å². The molecule has 3 rings (SSSR count). The largest absolute Gasteiger partial charge is 0.394 e. The Kier molecular flexibility index (Phi) is 2.59. The van der Waals surface area contributed by atoms with Gasteiger partial charge in [0.2, 0.25) is 0 Å². The van der Waals surface area contributed by atoms with Crippen molar-refractivity contribution in [2.75, 3.05) is 11.1 Å². The molecule has 0 aliphatic heterocycles. The number of aryl methyl sites for hydroxylation is 2. The maximum absolute atomic E-state index is 5.80. The fourth-order valence-corrected chi connectivity index (χ4v) is 2.08. The summed E-state index contributed by atoms with van der Waals surface area (Å²) in [4.78, 5) is 4.21. The van der Waals surface area contributed by atoms with Crippen molar-refractivity contribution in [1.82, 2.24) is 19.2 Å². The summed E-state index contributed by atoms with van der Waals surface area (Å²) >= 11 is 0. The molecule has 98 valence electrons. The van der Waals surface area contributed by atoms with Crippen LogP contribution in [0, 0.1) is 0 Å². The molecule has 3 N–H and O–H groups in total. The maximum atomic E-state index is 5.80. The van der Waals surface area contributed by atoms with Gasteiger partial charge in [-0.25, -0.2) is 14.1 Å². The van der Waals surface area contributed by atoms with Gasteiger partial charge in [0.15, 0.2) is 5.65 Å². The molecule has 3 aromatic heterocycles. The number of imidazole rings is 1. The number of anilines is 2. The van der Waals surface area contributed by atoms with Crippen LogP contribution in [-0.2, 0) is 20.6 Å². The molecule has 0 saturated heterocycles. The third-order valence-corrected chi connectivity index (χ3v) is 3.18. The first-order valence-electron chi connectivity index (χ1n) is 5.99. The minimum Gasteiger partial charge on any atom is -0.394 e. The number of nitrogens with one attached hydrogen (secondary N) is 1. The molecule has 0 aliphatic carbocycles. The number of hydrogen-bond donors (Lipinski definition) is 2. The number of nitrogens with zero attached hydrogens (tertiary/aromatic N) is 5. The van der Waals surface area contributed by atoms with Crippen molar-refractivity contribution in [2.24, 2.45) is 14.1 Å². The molecular weight excluding hydrogens is 242 g/mol. The molecule has 0 amide bonds. The molecule has 0 unspecified atom stereocenters. The van der Waals surface area contributed by atoms with Crippen molar-refractivity contribution in [3.63, 3.8) is 0 Å². The van der Waals surface area contributed by atoms with Gasteiger partial charge in [0.05, 0.1) is 26.0 Å². The van der Waals surface area contributed by atoms with Crippen molar-refractivity contribution in [2.45, 2.75) is 6.54 Å². The molecule has 0 saturated carbocycles. The molecule has 0 fully saturated rings. The van der Waals surface area contributed by atoms with Crippen LogP contribution in [0.3, 0.4) is 0 Å². The predicted octanol–water partition coefficient (Wildman–Crippen LogP) is 0.0866. The zero-order valence-corrected chi connectivity index (χ0v) is 10.9. The summed E-state index contributed by atoms with van der Waals surface area (Å²) in [6.45, 7) is 0.693. The van der Waals surface area contributed by atoms with E-state index in [-0.39, 0.29) is 0 Å². The number of rotatable bonds is 3. The van der Waals surface area contributed by atoms with E-state index in [0.717, 1.165) is 11.6 Å². The molecular formula is C12H16N7+. The first kappa shape index (κ1) is 11.5. The summed E-state index contributed by atoms with van der Waals surface area (Å²) in [5, 5.41) is 7.56. The number of hydrogen-bond acceptors (Lipinski definition) is 4. The highest BCUT2D eigenvalue weighted by molar-refractivity contribution is 5.65. The van der Waals surface area contributed by atoms with E-state index in [4.69, 9.17) is 5.73 Å². The van der Waals surface area contributed by atoms with Gasteiger partial charge in [-0.05, 0) is 6.07 Å². The van der Waals surface area contributed by atoms with Crippen molar-refractivity contribution in [3.8, 4) is 0 Å². The summed E-state index contributed by atoms with van der Waals surface area (Å²) in [6, 6.07) is 1.88. The lowest BCUT2D eigenvalue weighted by Crippen LogP contribution is -2.33. The summed E-state index contributed by atoms with van der Waals surface area (Å²) in [5.41, 5.74) is 7.05. The van der Waals surface area contributed by atoms with Crippen LogP contribution in [0.4, 0.5) is 11.5 Å². The first-order chi connectivity index (χ1) is 9.16. The average Bonchev–Trinajstić information content (AvgIpc) is 2.93. The molecule has 0 bridgehead atoms. The average molecular weight is 258 g/mol. The Balaban J connectivity index is 1.90. The molecule has 0 aliphatic rings. The Morgan fingerprint density at radius 1 is 1.47 bits per heavy atom. The summed E-state index contributed by atoms with van der Waals surface area (Å²) in [6.07, 6.45) is 7.37. The SMILES string of the molecule is Cn1cc[n+](C)c1CNc1ccnc2c(N)cnn12. The number of nitrogen functional groups attached to an aromatic ring is 1. The molecule has 0 atom stereocenters. The lowest BCUT2D eigenvalue weighted by molar-refractivity contribution is -0.678. The van der Waals surface area contributed by atoms with Crippen molar-refractivity contribution in [3.05, 3.63) is 36.7 Å². The number of nitrogens with two attached hydrogens (primary N) is 1. The van der Waals surface area contributed by atoms with E-state index < -0.39 is 0 Å². The monoisotopic (exact) mass is 258 g/mol. The maximum Gasteiger partial charge on any atom is 0.275 e. The van der Waals surface area contributed by atoms with Crippen molar-refractivity contribution < 1.29 is 4.57 Å². The van der Waals surface area contributed by atoms with Gasteiger partial charge in [-0.3, -0.25) is 0 Å². The smallest absolute Gasteiger partial charge is 0.275 e. The fourth-order valence-electron chi connectivity index (χ4n) is 2.08. The Morgan fingerprint density at radius 3 is 3.05 bits per heavy atom. The van der Waals surface area contributed by atoms with E-state index in [1.165, 1.54) is 0 Å². The van der Waals surface area contributed by atoms with E-state index in [0.29, 0.717) is 17.9 Å². The minimum atomic E-state index is 0.577. The van der Waals surface area contributed by atoms with E-state index in [1.807, 2.05) is 32.6 Å². The van der Waals surface area contributed by atoms with Crippen molar-refractivity contribution in [1.29, 1.82) is 0 Å². The third kappa shape index (κ3) is 1.88. The zero-order valence-electron chi connectivity index (χ0n) is 10.9. The van der Waals surface area contributed by atoms with Crippen LogP contribution in [-0.4, -0.2) is 19.2 Å². The van der Waals surface area contributed by atoms with Gasteiger partial charge in [0.25, 0.3) is 5.82 Å². The molecule has 0 radical (unpaired) electrons. The lowest BCUT2D eigenvalue weighted by Gasteiger charge is -2.06. The van der Waals surface area contributed by atoms with E-state index >= 15 is 0 Å². The Hall–Kier alpha value is -2.57. The van der Waals surface area contributed by atoms with Crippen LogP contribution in [0.25, 0.3) is 5.65 Å². The highest BCUT2D eigenvalue weighted by Gasteiger charge is 2.12. The van der Waals surface area contributed by atoms with Crippen LogP contribution in [0.1, 0.15) is 5.82 Å². The highest BCUT2D eigenvalue weighted by Crippen LogP contribution is 2.14. The van der Waals surface area contributed by atoms with Crippen LogP contribution >= 0.6 is 0 Å². The van der Waals surface area contributed by atoms with Gasteiger partial charge < -0.3 is 11.1 Å². The second-order valence-electron chi connectivity index (χ2n) is 4.46. The zero-order chi connectivity index (χ0) is 13.4. The van der Waals surface area contributed by atoms with E-state index in [1.54, 1.807) is 16.9 Å². The van der Waals surface area contributed by atoms with Gasteiger partial charge in [-0.1, -0.05) is 0 Å². The molecule has 7 heteroatoms. The van der Waals surface area contributed by atoms with Crippen LogP contribution in [0.5, 0.6) is 0 Å². The number of aromatic nitrogens is 5. The number of fused-ring (bicyclic) bond motifs is 1. The quantitative estimate of drug-likeness (QED) is 0.653. The fraction of sp³-hybridized carbons (Fsp3) is 0.250. The Bertz CT molecular complexity index is 705. The predicted molar refractivity (Wildman–Crippen MR) is 71.3 cm³/mol. The second kappa shape index (κ2) is 4.27. The summed E-state index contributed by atoms with van der Waals surface area (Å²) in [5.74, 6) is 2.02. The highest BCUT2D eigenvalue weighted by atomic mass is 15.3. The van der Waals surface area contributed by atoms with Gasteiger partial charge >= 0.3 is 0 Å². The van der Waals surface area contributed by atoms with Crippen LogP contribution in [0.15, 0.2) is 30.9 Å². The molecule has 0 aromatic carbocycles. The van der Waals surface area contributed by atoms with Crippen LogP contribution < -0.4 is 15.6 Å². The third-order valence-electron chi connectivity index (χ3n) is 3.18. The Labute approximate surface area is 110 Å². The summed E-state index contributed by atoms with van der Waals surface area (Å²) < 4.78 is 5.85. The van der Waals surface area contributed by atoms with Crippen molar-refractivity contribution >= 4 is 17.2 Å².